The van der Waals surface area contributed by atoms with Gasteiger partial charge in [-0.3, -0.25) is 14.9 Å². The zero-order valence-corrected chi connectivity index (χ0v) is 20.7. The molecule has 0 atom stereocenters. The van der Waals surface area contributed by atoms with Gasteiger partial charge in [-0.15, -0.1) is 23.2 Å². The molecule has 35 heavy (non-hydrogen) atoms. The van der Waals surface area contributed by atoms with Crippen LogP contribution in [0.25, 0.3) is 22.6 Å². The Morgan fingerprint density at radius 3 is 2.54 bits per heavy atom. The molecule has 0 fully saturated rings. The fraction of sp³-hybridized carbons (Fsp3) is 0.250. The maximum Gasteiger partial charge on any atom is 0.287 e. The summed E-state index contributed by atoms with van der Waals surface area (Å²) in [6, 6.07) is 12.4. The number of alkyl halides is 2. The topological polar surface area (TPSA) is 109 Å². The molecule has 2 aromatic heterocycles. The molecule has 182 valence electrons. The summed E-state index contributed by atoms with van der Waals surface area (Å²) in [4.78, 5) is 33.4. The number of imidazole rings is 1. The molecule has 0 spiro atoms. The van der Waals surface area contributed by atoms with E-state index in [-0.39, 0.29) is 11.6 Å². The average Bonchev–Trinajstić information content (AvgIpc) is 3.43. The number of amides is 1. The second kappa shape index (κ2) is 10.4. The predicted molar refractivity (Wildman–Crippen MR) is 140 cm³/mol. The summed E-state index contributed by atoms with van der Waals surface area (Å²) in [5, 5.41) is 14.0. The first kappa shape index (κ1) is 24.6. The van der Waals surface area contributed by atoms with E-state index in [4.69, 9.17) is 23.2 Å². The van der Waals surface area contributed by atoms with Crippen LogP contribution in [0.3, 0.4) is 0 Å². The zero-order valence-electron chi connectivity index (χ0n) is 19.2. The number of hydrogen-bond donors (Lipinski definition) is 2. The first-order chi connectivity index (χ1) is 16.8. The van der Waals surface area contributed by atoms with Crippen LogP contribution in [0.15, 0.2) is 48.7 Å². The number of aryl methyl sites for hydroxylation is 2. The summed E-state index contributed by atoms with van der Waals surface area (Å²) < 4.78 is 1.64. The summed E-state index contributed by atoms with van der Waals surface area (Å²) in [5.41, 5.74) is 4.94. The van der Waals surface area contributed by atoms with E-state index in [2.05, 4.69) is 20.2 Å². The maximum atomic E-state index is 13.0. The number of rotatable bonds is 9. The van der Waals surface area contributed by atoms with Crippen molar-refractivity contribution in [2.45, 2.75) is 6.92 Å². The van der Waals surface area contributed by atoms with Crippen LogP contribution in [0.4, 0.5) is 17.1 Å². The Balaban J connectivity index is 1.55. The van der Waals surface area contributed by atoms with Crippen molar-refractivity contribution in [2.24, 2.45) is 7.05 Å². The monoisotopic (exact) mass is 514 g/mol. The van der Waals surface area contributed by atoms with E-state index in [0.29, 0.717) is 58.7 Å². The number of nitrogens with one attached hydrogen (secondary N) is 2. The van der Waals surface area contributed by atoms with Crippen LogP contribution in [0.1, 0.15) is 15.9 Å². The lowest BCUT2D eigenvalue weighted by Gasteiger charge is -2.24. The fourth-order valence-electron chi connectivity index (χ4n) is 3.91. The lowest BCUT2D eigenvalue weighted by atomic mass is 10.1. The summed E-state index contributed by atoms with van der Waals surface area (Å²) >= 11 is 11.8. The van der Waals surface area contributed by atoms with Gasteiger partial charge in [-0.25, -0.2) is 4.98 Å². The molecule has 0 aliphatic carbocycles. The number of hydrogen-bond acceptors (Lipinski definition) is 5. The van der Waals surface area contributed by atoms with Gasteiger partial charge >= 0.3 is 0 Å². The quantitative estimate of drug-likeness (QED) is 0.178. The number of halogens is 2. The van der Waals surface area contributed by atoms with E-state index >= 15 is 0 Å². The lowest BCUT2D eigenvalue weighted by Crippen LogP contribution is -2.27. The minimum atomic E-state index is -0.448. The minimum absolute atomic E-state index is 0.0159. The molecule has 2 heterocycles. The maximum absolute atomic E-state index is 13.0. The molecule has 0 bridgehead atoms. The highest BCUT2D eigenvalue weighted by atomic mass is 35.5. The number of fused-ring (bicyclic) bond motifs is 1. The Hall–Kier alpha value is -3.56. The summed E-state index contributed by atoms with van der Waals surface area (Å²) in [6.45, 7) is 3.30. The molecule has 0 saturated heterocycles. The highest BCUT2D eigenvalue weighted by Crippen LogP contribution is 2.27. The average molecular weight is 515 g/mol. The largest absolute Gasteiger partial charge is 0.369 e. The third-order valence-corrected chi connectivity index (χ3v) is 6.06. The van der Waals surface area contributed by atoms with Crippen molar-refractivity contribution in [3.63, 3.8) is 0 Å². The number of nitro groups is 1. The molecule has 9 nitrogen and oxygen atoms in total. The third kappa shape index (κ3) is 5.26. The number of anilines is 2. The molecule has 4 aromatic rings. The smallest absolute Gasteiger partial charge is 0.287 e. The highest BCUT2D eigenvalue weighted by Gasteiger charge is 2.17. The Morgan fingerprint density at radius 1 is 1.17 bits per heavy atom. The normalized spacial score (nSPS) is 11.1. The Kier molecular flexibility index (Phi) is 7.28. The van der Waals surface area contributed by atoms with Gasteiger partial charge in [0.15, 0.2) is 5.82 Å². The van der Waals surface area contributed by atoms with Crippen molar-refractivity contribution in [1.29, 1.82) is 0 Å². The highest BCUT2D eigenvalue weighted by molar-refractivity contribution is 6.18. The molecule has 11 heteroatoms. The number of aromatic amines is 1. The van der Waals surface area contributed by atoms with E-state index in [1.54, 1.807) is 29.8 Å². The number of carbonyl (C=O) groups is 1. The van der Waals surface area contributed by atoms with E-state index < -0.39 is 4.92 Å². The number of nitrogens with zero attached hydrogens (tertiary/aromatic N) is 4. The summed E-state index contributed by atoms with van der Waals surface area (Å²) in [6.07, 6.45) is 1.43. The van der Waals surface area contributed by atoms with Crippen LogP contribution in [0.5, 0.6) is 0 Å². The minimum Gasteiger partial charge on any atom is -0.369 e. The van der Waals surface area contributed by atoms with Crippen molar-refractivity contribution in [1.82, 2.24) is 14.5 Å². The van der Waals surface area contributed by atoms with Crippen molar-refractivity contribution < 1.29 is 9.72 Å². The van der Waals surface area contributed by atoms with Crippen LogP contribution in [-0.2, 0) is 7.05 Å². The number of aromatic nitrogens is 3. The summed E-state index contributed by atoms with van der Waals surface area (Å²) in [7, 11) is 1.71. The standard InChI is InChI=1S/C24H24Cl2N6O3/c1-15-11-17(31(9-7-25)10-8-26)4-6-19(15)29-24(33)16-3-5-20-21(12-16)28-23(27-20)22-13-18(32(34)35)14-30(22)2/h3-6,11-14H,7-10H2,1-2H3,(H,27,28)(H,29,33). The van der Waals surface area contributed by atoms with Gasteiger partial charge < -0.3 is 19.8 Å². The lowest BCUT2D eigenvalue weighted by molar-refractivity contribution is -0.384. The fourth-order valence-corrected chi connectivity index (χ4v) is 4.32. The van der Waals surface area contributed by atoms with Gasteiger partial charge in [0.25, 0.3) is 11.6 Å². The molecule has 0 aliphatic heterocycles. The van der Waals surface area contributed by atoms with Gasteiger partial charge in [-0.05, 0) is 48.9 Å². The Labute approximate surface area is 211 Å². The number of carbonyl (C=O) groups excluding carboxylic acids is 1. The van der Waals surface area contributed by atoms with Gasteiger partial charge in [0.2, 0.25) is 0 Å². The van der Waals surface area contributed by atoms with Crippen LogP contribution >= 0.6 is 23.2 Å². The van der Waals surface area contributed by atoms with Gasteiger partial charge in [0.05, 0.1) is 27.8 Å². The molecule has 2 aromatic carbocycles. The van der Waals surface area contributed by atoms with E-state index in [9.17, 15) is 14.9 Å². The molecule has 0 aliphatic rings. The Bertz CT molecular complexity index is 1390. The van der Waals surface area contributed by atoms with Gasteiger partial charge in [-0.1, -0.05) is 0 Å². The van der Waals surface area contributed by atoms with Crippen molar-refractivity contribution in [3.8, 4) is 11.5 Å². The van der Waals surface area contributed by atoms with E-state index in [1.165, 1.54) is 12.3 Å². The van der Waals surface area contributed by atoms with Gasteiger partial charge in [0.1, 0.15) is 0 Å². The predicted octanol–water partition coefficient (Wildman–Crippen LogP) is 5.32. The first-order valence-corrected chi connectivity index (χ1v) is 12.0. The van der Waals surface area contributed by atoms with Gasteiger partial charge in [0, 0.05) is 54.9 Å². The number of H-pyrrole nitrogens is 1. The molecule has 0 radical (unpaired) electrons. The van der Waals surface area contributed by atoms with Crippen LogP contribution in [-0.4, -0.2) is 50.2 Å². The van der Waals surface area contributed by atoms with E-state index in [1.807, 2.05) is 25.1 Å². The third-order valence-electron chi connectivity index (χ3n) is 5.72. The molecule has 1 amide bonds. The molecular formula is C24H24Cl2N6O3. The second-order valence-corrected chi connectivity index (χ2v) is 8.84. The molecule has 2 N–H and O–H groups in total. The van der Waals surface area contributed by atoms with Gasteiger partial charge in [-0.2, -0.15) is 0 Å². The Morgan fingerprint density at radius 2 is 1.91 bits per heavy atom. The zero-order chi connectivity index (χ0) is 25.1. The molecular weight excluding hydrogens is 491 g/mol. The first-order valence-electron chi connectivity index (χ1n) is 10.9. The van der Waals surface area contributed by atoms with Crippen LogP contribution < -0.4 is 10.2 Å². The van der Waals surface area contributed by atoms with Crippen molar-refractivity contribution in [2.75, 3.05) is 35.1 Å². The van der Waals surface area contributed by atoms with Crippen LogP contribution in [0, 0.1) is 17.0 Å². The van der Waals surface area contributed by atoms with E-state index in [0.717, 1.165) is 11.3 Å². The SMILES string of the molecule is Cc1cc(N(CCCl)CCCl)ccc1NC(=O)c1ccc2nc(-c3cc([N+](=O)[O-])cn3C)[nH]c2c1. The summed E-state index contributed by atoms with van der Waals surface area (Å²) in [5.74, 6) is 1.21. The van der Waals surface area contributed by atoms with Crippen molar-refractivity contribution in [3.05, 3.63) is 69.9 Å². The molecule has 0 saturated carbocycles. The molecule has 0 unspecified atom stereocenters. The number of benzene rings is 2. The van der Waals surface area contributed by atoms with Crippen molar-refractivity contribution >= 4 is 57.2 Å². The molecule has 4 rings (SSSR count). The van der Waals surface area contributed by atoms with Crippen LogP contribution in [0.2, 0.25) is 0 Å². The second-order valence-electron chi connectivity index (χ2n) is 8.09.